The quantitative estimate of drug-likeness (QED) is 0.168. The Bertz CT molecular complexity index is 1400. The van der Waals surface area contributed by atoms with E-state index in [2.05, 4.69) is 0 Å². The SMILES string of the molecule is Cc1c(Cl)cc(Cl)cc1Cl.Cc1cccc(C)c1O.Oc1ccc(Cl)cc1.Oc1cccc2ccccc12. The lowest BCUT2D eigenvalue weighted by molar-refractivity contribution is 0.467. The van der Waals surface area contributed by atoms with E-state index < -0.39 is 0 Å². The summed E-state index contributed by atoms with van der Waals surface area (Å²) in [5.41, 5.74) is 2.75. The number of benzene rings is 5. The number of hydrogen-bond donors (Lipinski definition) is 3. The Morgan fingerprint density at radius 3 is 1.53 bits per heavy atom. The summed E-state index contributed by atoms with van der Waals surface area (Å²) in [6.45, 7) is 5.63. The van der Waals surface area contributed by atoms with Gasteiger partial charge in [0.2, 0.25) is 0 Å². The molecule has 0 heterocycles. The van der Waals surface area contributed by atoms with E-state index in [4.69, 9.17) is 51.5 Å². The van der Waals surface area contributed by atoms with Crippen LogP contribution in [-0.2, 0) is 0 Å². The summed E-state index contributed by atoms with van der Waals surface area (Å²) in [7, 11) is 0. The molecular formula is C31H28Cl4O3. The fourth-order valence-electron chi connectivity index (χ4n) is 3.07. The molecular weight excluding hydrogens is 562 g/mol. The number of aromatic hydroxyl groups is 3. The van der Waals surface area contributed by atoms with Gasteiger partial charge in [-0.3, -0.25) is 0 Å². The number of halogens is 4. The highest BCUT2D eigenvalue weighted by Gasteiger charge is 2.01. The van der Waals surface area contributed by atoms with Gasteiger partial charge in [0.1, 0.15) is 17.2 Å². The summed E-state index contributed by atoms with van der Waals surface area (Å²) in [6, 6.07) is 28.7. The number of hydrogen-bond acceptors (Lipinski definition) is 3. The normalized spacial score (nSPS) is 9.76. The van der Waals surface area contributed by atoms with Crippen LogP contribution in [0.25, 0.3) is 10.8 Å². The molecule has 3 N–H and O–H groups in total. The Morgan fingerprint density at radius 1 is 0.526 bits per heavy atom. The van der Waals surface area contributed by atoms with Crippen molar-refractivity contribution in [3.8, 4) is 17.2 Å². The summed E-state index contributed by atoms with van der Waals surface area (Å²) in [6.07, 6.45) is 0. The van der Waals surface area contributed by atoms with Crippen LogP contribution >= 0.6 is 46.4 Å². The molecule has 0 fully saturated rings. The average Bonchev–Trinajstić information content (AvgIpc) is 2.89. The molecule has 0 aromatic heterocycles. The van der Waals surface area contributed by atoms with Crippen molar-refractivity contribution in [2.75, 3.05) is 0 Å². The summed E-state index contributed by atoms with van der Waals surface area (Å²) in [5.74, 6) is 1.01. The number of fused-ring (bicyclic) bond motifs is 1. The molecule has 0 bridgehead atoms. The molecule has 198 valence electrons. The summed E-state index contributed by atoms with van der Waals surface area (Å²) < 4.78 is 0. The largest absolute Gasteiger partial charge is 0.508 e. The van der Waals surface area contributed by atoms with E-state index >= 15 is 0 Å². The highest BCUT2D eigenvalue weighted by atomic mass is 35.5. The van der Waals surface area contributed by atoms with Crippen molar-refractivity contribution < 1.29 is 15.3 Å². The molecule has 0 aliphatic carbocycles. The lowest BCUT2D eigenvalue weighted by Crippen LogP contribution is -1.76. The summed E-state index contributed by atoms with van der Waals surface area (Å²) in [4.78, 5) is 0. The smallest absolute Gasteiger partial charge is 0.123 e. The van der Waals surface area contributed by atoms with Crippen LogP contribution in [0, 0.1) is 20.8 Å². The van der Waals surface area contributed by atoms with Crippen LogP contribution in [0.5, 0.6) is 17.2 Å². The van der Waals surface area contributed by atoms with Crippen LogP contribution in [0.15, 0.2) is 97.1 Å². The zero-order valence-corrected chi connectivity index (χ0v) is 24.1. The maximum Gasteiger partial charge on any atom is 0.123 e. The van der Waals surface area contributed by atoms with Crippen molar-refractivity contribution in [3.63, 3.8) is 0 Å². The fourth-order valence-corrected chi connectivity index (χ4v) is 4.01. The molecule has 5 rings (SSSR count). The van der Waals surface area contributed by atoms with Crippen LogP contribution in [0.2, 0.25) is 20.1 Å². The van der Waals surface area contributed by atoms with Gasteiger partial charge in [-0.05, 0) is 85.3 Å². The van der Waals surface area contributed by atoms with Gasteiger partial charge in [-0.2, -0.15) is 0 Å². The molecule has 0 aliphatic heterocycles. The number of rotatable bonds is 0. The van der Waals surface area contributed by atoms with Gasteiger partial charge in [-0.1, -0.05) is 101 Å². The minimum absolute atomic E-state index is 0.245. The van der Waals surface area contributed by atoms with Crippen LogP contribution < -0.4 is 0 Å². The first kappa shape index (κ1) is 31.1. The van der Waals surface area contributed by atoms with Gasteiger partial charge in [0.25, 0.3) is 0 Å². The summed E-state index contributed by atoms with van der Waals surface area (Å²) >= 11 is 22.7. The number of phenolic OH excluding ortho intramolecular Hbond substituents is 3. The maximum atomic E-state index is 9.37. The molecule has 3 nitrogen and oxygen atoms in total. The molecule has 0 atom stereocenters. The molecule has 0 unspecified atom stereocenters. The van der Waals surface area contributed by atoms with Crippen molar-refractivity contribution in [1.82, 2.24) is 0 Å². The van der Waals surface area contributed by atoms with Crippen LogP contribution in [-0.4, -0.2) is 15.3 Å². The third-order valence-electron chi connectivity index (χ3n) is 5.28. The maximum absolute atomic E-state index is 9.37. The van der Waals surface area contributed by atoms with E-state index in [1.165, 1.54) is 0 Å². The van der Waals surface area contributed by atoms with Crippen LogP contribution in [0.3, 0.4) is 0 Å². The number of para-hydroxylation sites is 1. The Hall–Kier alpha value is -3.08. The molecule has 5 aromatic rings. The molecule has 0 aliphatic rings. The van der Waals surface area contributed by atoms with Crippen molar-refractivity contribution in [2.45, 2.75) is 20.8 Å². The fraction of sp³-hybridized carbons (Fsp3) is 0.0968. The molecule has 0 spiro atoms. The predicted octanol–water partition coefficient (Wildman–Crippen LogP) is 10.6. The van der Waals surface area contributed by atoms with E-state index in [-0.39, 0.29) is 5.75 Å². The highest BCUT2D eigenvalue weighted by molar-refractivity contribution is 6.39. The van der Waals surface area contributed by atoms with Gasteiger partial charge in [-0.25, -0.2) is 0 Å². The van der Waals surface area contributed by atoms with Crippen molar-refractivity contribution in [2.24, 2.45) is 0 Å². The van der Waals surface area contributed by atoms with Crippen molar-refractivity contribution in [1.29, 1.82) is 0 Å². The molecule has 0 saturated carbocycles. The van der Waals surface area contributed by atoms with E-state index in [0.717, 1.165) is 27.5 Å². The second-order valence-corrected chi connectivity index (χ2v) is 9.90. The first-order valence-electron chi connectivity index (χ1n) is 11.5. The molecule has 7 heteroatoms. The summed E-state index contributed by atoms with van der Waals surface area (Å²) in [5, 5.41) is 31.7. The second kappa shape index (κ2) is 15.4. The lowest BCUT2D eigenvalue weighted by Gasteiger charge is -1.99. The van der Waals surface area contributed by atoms with Crippen LogP contribution in [0.4, 0.5) is 0 Å². The first-order valence-corrected chi connectivity index (χ1v) is 13.0. The number of phenols is 3. The van der Waals surface area contributed by atoms with E-state index in [0.29, 0.717) is 31.6 Å². The van der Waals surface area contributed by atoms with Crippen molar-refractivity contribution in [3.05, 3.63) is 134 Å². The Morgan fingerprint density at radius 2 is 1.03 bits per heavy atom. The van der Waals surface area contributed by atoms with E-state index in [1.807, 2.05) is 75.4 Å². The molecule has 0 radical (unpaired) electrons. The minimum atomic E-state index is 0.245. The minimum Gasteiger partial charge on any atom is -0.508 e. The van der Waals surface area contributed by atoms with Gasteiger partial charge >= 0.3 is 0 Å². The Kier molecular flexibility index (Phi) is 12.6. The highest BCUT2D eigenvalue weighted by Crippen LogP contribution is 2.27. The standard InChI is InChI=1S/C10H8O.C8H10O.C7H5Cl3.C6H5ClO/c11-10-7-3-5-8-4-1-2-6-9(8)10;1-6-4-3-5-7(2)8(6)9;1-4-6(9)2-5(8)3-7(4)10;7-5-1-3-6(8)4-2-5/h1-7,11H;3-5,9H,1-2H3;2-3H,1H3;1-4,8H. The third-order valence-corrected chi connectivity index (χ3v) is 6.53. The van der Waals surface area contributed by atoms with E-state index in [9.17, 15) is 10.2 Å². The Balaban J connectivity index is 0.000000179. The van der Waals surface area contributed by atoms with Crippen LogP contribution in [0.1, 0.15) is 16.7 Å². The monoisotopic (exact) mass is 588 g/mol. The molecule has 5 aromatic carbocycles. The number of aryl methyl sites for hydroxylation is 2. The molecule has 38 heavy (non-hydrogen) atoms. The zero-order chi connectivity index (χ0) is 28.2. The second-order valence-electron chi connectivity index (χ2n) is 8.21. The Labute approximate surface area is 243 Å². The predicted molar refractivity (Wildman–Crippen MR) is 163 cm³/mol. The molecule has 0 amide bonds. The van der Waals surface area contributed by atoms with Gasteiger partial charge < -0.3 is 15.3 Å². The van der Waals surface area contributed by atoms with Gasteiger partial charge in [0.05, 0.1) is 0 Å². The molecule has 0 saturated heterocycles. The van der Waals surface area contributed by atoms with E-state index in [1.54, 1.807) is 42.5 Å². The zero-order valence-electron chi connectivity index (χ0n) is 21.1. The van der Waals surface area contributed by atoms with Gasteiger partial charge in [0.15, 0.2) is 0 Å². The third kappa shape index (κ3) is 10.00. The topological polar surface area (TPSA) is 60.7 Å². The first-order chi connectivity index (χ1) is 18.0. The van der Waals surface area contributed by atoms with Crippen molar-refractivity contribution >= 4 is 57.2 Å². The van der Waals surface area contributed by atoms with Gasteiger partial charge in [-0.15, -0.1) is 0 Å². The average molecular weight is 590 g/mol. The lowest BCUT2D eigenvalue weighted by atomic mass is 10.1. The van der Waals surface area contributed by atoms with Gasteiger partial charge in [0, 0.05) is 25.5 Å².